The van der Waals surface area contributed by atoms with E-state index in [9.17, 15) is 4.79 Å². The van der Waals surface area contributed by atoms with Crippen molar-refractivity contribution in [2.45, 2.75) is 52.0 Å². The topological polar surface area (TPSA) is 46.3 Å². The quantitative estimate of drug-likeness (QED) is 0.903. The van der Waals surface area contributed by atoms with Crippen LogP contribution in [0.3, 0.4) is 0 Å². The van der Waals surface area contributed by atoms with Crippen molar-refractivity contribution in [3.63, 3.8) is 0 Å². The normalized spacial score (nSPS) is 20.7. The van der Waals surface area contributed by atoms with Gasteiger partial charge in [-0.2, -0.15) is 0 Å². The lowest BCUT2D eigenvalue weighted by atomic mass is 9.86. The highest BCUT2D eigenvalue weighted by Crippen LogP contribution is 2.29. The maximum absolute atomic E-state index is 12.5. The molecule has 2 rings (SSSR count). The lowest BCUT2D eigenvalue weighted by Gasteiger charge is -2.31. The minimum absolute atomic E-state index is 0. The van der Waals surface area contributed by atoms with Crippen molar-refractivity contribution in [2.24, 2.45) is 11.1 Å². The van der Waals surface area contributed by atoms with Crippen LogP contribution in [0.4, 0.5) is 0 Å². The molecule has 1 unspecified atom stereocenters. The molecule has 0 aliphatic carbocycles. The number of nitrogens with two attached hydrogens (primary N) is 1. The molecule has 1 aromatic rings. The van der Waals surface area contributed by atoms with Crippen molar-refractivity contribution in [1.29, 1.82) is 0 Å². The minimum atomic E-state index is -0.411. The molecule has 0 aromatic heterocycles. The van der Waals surface area contributed by atoms with E-state index in [-0.39, 0.29) is 23.7 Å². The minimum Gasteiger partial charge on any atom is -0.341 e. The van der Waals surface area contributed by atoms with Crippen molar-refractivity contribution in [1.82, 2.24) is 4.90 Å². The fourth-order valence-corrected chi connectivity index (χ4v) is 2.94. The third kappa shape index (κ3) is 4.72. The Morgan fingerprint density at radius 1 is 1.18 bits per heavy atom. The van der Waals surface area contributed by atoms with Gasteiger partial charge in [0.2, 0.25) is 5.91 Å². The SMILES string of the molecule is CC(C)(C)[C@H](N)C(=O)N1CCCC(c2ccccc2)CC1.Cl. The number of likely N-dealkylation sites (tertiary alicyclic amines) is 1. The summed E-state index contributed by atoms with van der Waals surface area (Å²) < 4.78 is 0. The highest BCUT2D eigenvalue weighted by atomic mass is 35.5. The number of carbonyl (C=O) groups is 1. The smallest absolute Gasteiger partial charge is 0.240 e. The van der Waals surface area contributed by atoms with Crippen molar-refractivity contribution in [2.75, 3.05) is 13.1 Å². The molecule has 0 bridgehead atoms. The molecule has 1 aliphatic rings. The Balaban J connectivity index is 0.00000242. The number of benzene rings is 1. The zero-order valence-corrected chi connectivity index (χ0v) is 14.7. The number of rotatable bonds is 2. The fraction of sp³-hybridized carbons (Fsp3) is 0.611. The van der Waals surface area contributed by atoms with Gasteiger partial charge in [0.1, 0.15) is 0 Å². The summed E-state index contributed by atoms with van der Waals surface area (Å²) in [5.74, 6) is 0.672. The van der Waals surface area contributed by atoms with Crippen LogP contribution in [0.5, 0.6) is 0 Å². The third-order valence-electron chi connectivity index (χ3n) is 4.51. The molecule has 3 nitrogen and oxygen atoms in total. The number of nitrogens with zero attached hydrogens (tertiary/aromatic N) is 1. The van der Waals surface area contributed by atoms with Gasteiger partial charge in [0, 0.05) is 13.1 Å². The molecule has 1 fully saturated rings. The Hall–Kier alpha value is -1.06. The molecule has 2 N–H and O–H groups in total. The van der Waals surface area contributed by atoms with E-state index in [0.29, 0.717) is 5.92 Å². The average molecular weight is 325 g/mol. The van der Waals surface area contributed by atoms with E-state index in [1.54, 1.807) is 0 Å². The van der Waals surface area contributed by atoms with Crippen LogP contribution in [0, 0.1) is 5.41 Å². The monoisotopic (exact) mass is 324 g/mol. The summed E-state index contributed by atoms with van der Waals surface area (Å²) in [4.78, 5) is 14.5. The van der Waals surface area contributed by atoms with E-state index in [2.05, 4.69) is 30.3 Å². The van der Waals surface area contributed by atoms with Gasteiger partial charge < -0.3 is 10.6 Å². The van der Waals surface area contributed by atoms with E-state index in [0.717, 1.165) is 32.4 Å². The summed E-state index contributed by atoms with van der Waals surface area (Å²) in [7, 11) is 0. The van der Waals surface area contributed by atoms with Gasteiger partial charge in [0.05, 0.1) is 6.04 Å². The molecule has 0 radical (unpaired) electrons. The molecule has 1 saturated heterocycles. The molecular formula is C18H29ClN2O. The van der Waals surface area contributed by atoms with Crippen LogP contribution in [-0.2, 0) is 4.79 Å². The summed E-state index contributed by atoms with van der Waals surface area (Å²) in [6.45, 7) is 7.74. The second kappa shape index (κ2) is 7.98. The molecule has 2 atom stereocenters. The van der Waals surface area contributed by atoms with Crippen molar-refractivity contribution in [3.8, 4) is 0 Å². The Morgan fingerprint density at radius 3 is 2.41 bits per heavy atom. The highest BCUT2D eigenvalue weighted by Gasteiger charge is 2.32. The van der Waals surface area contributed by atoms with E-state index in [1.807, 2.05) is 25.7 Å². The number of hydrogen-bond donors (Lipinski definition) is 1. The average Bonchev–Trinajstić information content (AvgIpc) is 2.71. The van der Waals surface area contributed by atoms with Crippen LogP contribution in [0.1, 0.15) is 51.5 Å². The van der Waals surface area contributed by atoms with Gasteiger partial charge in [-0.3, -0.25) is 4.79 Å². The zero-order chi connectivity index (χ0) is 15.5. The van der Waals surface area contributed by atoms with Crippen LogP contribution in [0.2, 0.25) is 0 Å². The van der Waals surface area contributed by atoms with Gasteiger partial charge in [-0.25, -0.2) is 0 Å². The summed E-state index contributed by atoms with van der Waals surface area (Å²) in [6.07, 6.45) is 3.24. The molecule has 22 heavy (non-hydrogen) atoms. The van der Waals surface area contributed by atoms with Crippen molar-refractivity contribution >= 4 is 18.3 Å². The maximum Gasteiger partial charge on any atom is 0.240 e. The van der Waals surface area contributed by atoms with E-state index in [1.165, 1.54) is 5.56 Å². The van der Waals surface area contributed by atoms with Gasteiger partial charge in [-0.15, -0.1) is 12.4 Å². The Bertz CT molecular complexity index is 470. The molecule has 1 aromatic carbocycles. The van der Waals surface area contributed by atoms with Crippen LogP contribution >= 0.6 is 12.4 Å². The van der Waals surface area contributed by atoms with Crippen LogP contribution in [0.15, 0.2) is 30.3 Å². The summed E-state index contributed by atoms with van der Waals surface area (Å²) in [5.41, 5.74) is 7.35. The molecular weight excluding hydrogens is 296 g/mol. The lowest BCUT2D eigenvalue weighted by Crippen LogP contribution is -2.50. The molecule has 1 amide bonds. The Labute approximate surface area is 140 Å². The van der Waals surface area contributed by atoms with E-state index in [4.69, 9.17) is 5.73 Å². The highest BCUT2D eigenvalue weighted by molar-refractivity contribution is 5.85. The van der Waals surface area contributed by atoms with Crippen LogP contribution in [0.25, 0.3) is 0 Å². The van der Waals surface area contributed by atoms with Crippen molar-refractivity contribution < 1.29 is 4.79 Å². The van der Waals surface area contributed by atoms with Gasteiger partial charge in [0.15, 0.2) is 0 Å². The second-order valence-electron chi connectivity index (χ2n) is 7.21. The van der Waals surface area contributed by atoms with Crippen molar-refractivity contribution in [3.05, 3.63) is 35.9 Å². The Morgan fingerprint density at radius 2 is 1.82 bits per heavy atom. The largest absolute Gasteiger partial charge is 0.341 e. The molecule has 0 saturated carbocycles. The number of halogens is 1. The first kappa shape index (κ1) is 19.0. The molecule has 4 heteroatoms. The molecule has 124 valence electrons. The zero-order valence-electron chi connectivity index (χ0n) is 13.9. The first-order valence-corrected chi connectivity index (χ1v) is 7.99. The third-order valence-corrected chi connectivity index (χ3v) is 4.51. The van der Waals surface area contributed by atoms with E-state index >= 15 is 0 Å². The maximum atomic E-state index is 12.5. The summed E-state index contributed by atoms with van der Waals surface area (Å²) in [6, 6.07) is 10.2. The summed E-state index contributed by atoms with van der Waals surface area (Å²) in [5, 5.41) is 0. The fourth-order valence-electron chi connectivity index (χ4n) is 2.94. The first-order chi connectivity index (χ1) is 9.89. The van der Waals surface area contributed by atoms with E-state index < -0.39 is 6.04 Å². The van der Waals surface area contributed by atoms with Crippen LogP contribution < -0.4 is 5.73 Å². The standard InChI is InChI=1S/C18H28N2O.ClH/c1-18(2,3)16(19)17(21)20-12-7-10-15(11-13-20)14-8-5-4-6-9-14;/h4-6,8-9,15-16H,7,10-13,19H2,1-3H3;1H/t15?,16-;/m1./s1. The number of carbonyl (C=O) groups excluding carboxylic acids is 1. The molecule has 1 heterocycles. The van der Waals surface area contributed by atoms with Gasteiger partial charge in [-0.1, -0.05) is 51.1 Å². The predicted molar refractivity (Wildman–Crippen MR) is 94.3 cm³/mol. The predicted octanol–water partition coefficient (Wildman–Crippen LogP) is 3.58. The summed E-state index contributed by atoms with van der Waals surface area (Å²) >= 11 is 0. The van der Waals surface area contributed by atoms with Gasteiger partial charge in [-0.05, 0) is 36.2 Å². The first-order valence-electron chi connectivity index (χ1n) is 7.99. The van der Waals surface area contributed by atoms with Crippen LogP contribution in [-0.4, -0.2) is 29.9 Å². The second-order valence-corrected chi connectivity index (χ2v) is 7.21. The Kier molecular flexibility index (Phi) is 6.89. The van der Waals surface area contributed by atoms with Gasteiger partial charge >= 0.3 is 0 Å². The number of amides is 1. The van der Waals surface area contributed by atoms with Gasteiger partial charge in [0.25, 0.3) is 0 Å². The number of hydrogen-bond acceptors (Lipinski definition) is 2. The molecule has 1 aliphatic heterocycles. The molecule has 0 spiro atoms. The lowest BCUT2D eigenvalue weighted by molar-refractivity contribution is -0.134.